The monoisotopic (exact) mass is 263 g/mol. The number of rotatable bonds is 4. The quantitative estimate of drug-likeness (QED) is 0.842. The minimum Gasteiger partial charge on any atom is -0.475 e. The number of nitrogens with zero attached hydrogens (tertiary/aromatic N) is 2. The van der Waals surface area contributed by atoms with Gasteiger partial charge in [0.2, 0.25) is 11.8 Å². The van der Waals surface area contributed by atoms with Crippen LogP contribution in [0.1, 0.15) is 52.9 Å². The van der Waals surface area contributed by atoms with E-state index in [1.54, 1.807) is 12.3 Å². The molecule has 0 spiro atoms. The molecule has 0 amide bonds. The van der Waals surface area contributed by atoms with Crippen LogP contribution in [0.2, 0.25) is 0 Å². The average Bonchev–Trinajstić information content (AvgIpc) is 2.54. The molecule has 4 heteroatoms. The number of aromatic nitrogens is 2. The highest BCUT2D eigenvalue weighted by Gasteiger charge is 2.16. The lowest BCUT2D eigenvalue weighted by molar-refractivity contribution is 0.232. The van der Waals surface area contributed by atoms with Crippen molar-refractivity contribution in [1.29, 1.82) is 0 Å². The van der Waals surface area contributed by atoms with Crippen molar-refractivity contribution >= 4 is 5.95 Å². The van der Waals surface area contributed by atoms with Gasteiger partial charge in [-0.1, -0.05) is 19.8 Å². The third kappa shape index (κ3) is 4.69. The molecule has 106 valence electrons. The van der Waals surface area contributed by atoms with Crippen molar-refractivity contribution in [3.63, 3.8) is 0 Å². The van der Waals surface area contributed by atoms with E-state index in [2.05, 4.69) is 22.2 Å². The van der Waals surface area contributed by atoms with E-state index in [9.17, 15) is 0 Å². The van der Waals surface area contributed by atoms with Gasteiger partial charge in [0.1, 0.15) is 0 Å². The van der Waals surface area contributed by atoms with Gasteiger partial charge in [-0.3, -0.25) is 0 Å². The van der Waals surface area contributed by atoms with Gasteiger partial charge < -0.3 is 10.1 Å². The fraction of sp³-hybridized carbons (Fsp3) is 0.733. The molecule has 0 aliphatic heterocycles. The van der Waals surface area contributed by atoms with Crippen LogP contribution in [0, 0.1) is 5.92 Å². The van der Waals surface area contributed by atoms with E-state index >= 15 is 0 Å². The summed E-state index contributed by atoms with van der Waals surface area (Å²) < 4.78 is 5.59. The normalized spacial score (nSPS) is 24.0. The molecule has 0 saturated heterocycles. The highest BCUT2D eigenvalue weighted by molar-refractivity contribution is 5.28. The van der Waals surface area contributed by atoms with Crippen molar-refractivity contribution in [2.24, 2.45) is 5.92 Å². The van der Waals surface area contributed by atoms with Crippen LogP contribution in [0.25, 0.3) is 0 Å². The second-order valence-electron chi connectivity index (χ2n) is 5.84. The SMILES string of the molecule is CC1CCCC(Nc2nccc(OC(C)C)n2)CC1. The molecule has 1 aromatic rings. The van der Waals surface area contributed by atoms with Crippen molar-refractivity contribution in [2.45, 2.75) is 65.0 Å². The van der Waals surface area contributed by atoms with Crippen LogP contribution < -0.4 is 10.1 Å². The van der Waals surface area contributed by atoms with Crippen LogP contribution in [-0.2, 0) is 0 Å². The van der Waals surface area contributed by atoms with E-state index in [1.807, 2.05) is 13.8 Å². The largest absolute Gasteiger partial charge is 0.475 e. The summed E-state index contributed by atoms with van der Waals surface area (Å²) in [5, 5.41) is 3.45. The number of anilines is 1. The summed E-state index contributed by atoms with van der Waals surface area (Å²) in [5.41, 5.74) is 0. The molecule has 0 aromatic carbocycles. The van der Waals surface area contributed by atoms with Crippen molar-refractivity contribution in [3.05, 3.63) is 12.3 Å². The topological polar surface area (TPSA) is 47.0 Å². The van der Waals surface area contributed by atoms with Crippen molar-refractivity contribution in [2.75, 3.05) is 5.32 Å². The van der Waals surface area contributed by atoms with E-state index < -0.39 is 0 Å². The molecule has 2 rings (SSSR count). The van der Waals surface area contributed by atoms with E-state index in [-0.39, 0.29) is 6.10 Å². The summed E-state index contributed by atoms with van der Waals surface area (Å²) >= 11 is 0. The van der Waals surface area contributed by atoms with Crippen molar-refractivity contribution in [1.82, 2.24) is 9.97 Å². The predicted molar refractivity (Wildman–Crippen MR) is 77.5 cm³/mol. The third-order valence-electron chi connectivity index (χ3n) is 3.58. The standard InChI is InChI=1S/C15H25N3O/c1-11(2)19-14-9-10-16-15(18-14)17-13-6-4-5-12(3)7-8-13/h9-13H,4-8H2,1-3H3,(H,16,17,18). The Morgan fingerprint density at radius 3 is 2.89 bits per heavy atom. The maximum absolute atomic E-state index is 5.59. The van der Waals surface area contributed by atoms with E-state index in [4.69, 9.17) is 4.74 Å². The van der Waals surface area contributed by atoms with Crippen LogP contribution in [0.5, 0.6) is 5.88 Å². The Balaban J connectivity index is 1.94. The first kappa shape index (κ1) is 14.1. The lowest BCUT2D eigenvalue weighted by Gasteiger charge is -2.17. The highest BCUT2D eigenvalue weighted by Crippen LogP contribution is 2.24. The molecule has 19 heavy (non-hydrogen) atoms. The number of nitrogens with one attached hydrogen (secondary N) is 1. The molecule has 0 radical (unpaired) electrons. The molecule has 1 aliphatic rings. The first-order valence-electron chi connectivity index (χ1n) is 7.39. The molecule has 1 fully saturated rings. The maximum Gasteiger partial charge on any atom is 0.226 e. The summed E-state index contributed by atoms with van der Waals surface area (Å²) in [5.74, 6) is 2.19. The summed E-state index contributed by atoms with van der Waals surface area (Å²) in [6, 6.07) is 2.31. The van der Waals surface area contributed by atoms with Crippen LogP contribution in [0.3, 0.4) is 0 Å². The highest BCUT2D eigenvalue weighted by atomic mass is 16.5. The summed E-state index contributed by atoms with van der Waals surface area (Å²) in [4.78, 5) is 8.70. The molecule has 1 aromatic heterocycles. The van der Waals surface area contributed by atoms with Crippen LogP contribution in [-0.4, -0.2) is 22.1 Å². The second kappa shape index (κ2) is 6.73. The minimum absolute atomic E-state index is 0.140. The van der Waals surface area contributed by atoms with E-state index in [0.29, 0.717) is 17.9 Å². The van der Waals surface area contributed by atoms with Gasteiger partial charge in [-0.15, -0.1) is 0 Å². The molecule has 2 atom stereocenters. The van der Waals surface area contributed by atoms with Crippen molar-refractivity contribution in [3.8, 4) is 5.88 Å². The third-order valence-corrected chi connectivity index (χ3v) is 3.58. The fourth-order valence-electron chi connectivity index (χ4n) is 2.53. The van der Waals surface area contributed by atoms with Crippen molar-refractivity contribution < 1.29 is 4.74 Å². The molecule has 0 bridgehead atoms. The Hall–Kier alpha value is -1.32. The Labute approximate surface area is 116 Å². The van der Waals surface area contributed by atoms with Gasteiger partial charge in [0.25, 0.3) is 0 Å². The van der Waals surface area contributed by atoms with Crippen LogP contribution in [0.4, 0.5) is 5.95 Å². The fourth-order valence-corrected chi connectivity index (χ4v) is 2.53. The Morgan fingerprint density at radius 2 is 2.11 bits per heavy atom. The van der Waals surface area contributed by atoms with E-state index in [1.165, 1.54) is 32.1 Å². The first-order valence-corrected chi connectivity index (χ1v) is 7.39. The Kier molecular flexibility index (Phi) is 5.00. The van der Waals surface area contributed by atoms with Gasteiger partial charge in [-0.2, -0.15) is 4.98 Å². The molecule has 1 aliphatic carbocycles. The molecule has 1 saturated carbocycles. The molecular formula is C15H25N3O. The van der Waals surface area contributed by atoms with Gasteiger partial charge in [0.05, 0.1) is 6.10 Å². The van der Waals surface area contributed by atoms with Gasteiger partial charge in [-0.05, 0) is 39.0 Å². The molecule has 1 heterocycles. The lowest BCUT2D eigenvalue weighted by atomic mass is 10.0. The predicted octanol–water partition coefficient (Wildman–Crippen LogP) is 3.64. The Bertz CT molecular complexity index is 395. The summed E-state index contributed by atoms with van der Waals surface area (Å²) in [7, 11) is 0. The number of hydrogen-bond acceptors (Lipinski definition) is 4. The van der Waals surface area contributed by atoms with Gasteiger partial charge >= 0.3 is 0 Å². The lowest BCUT2D eigenvalue weighted by Crippen LogP contribution is -2.20. The van der Waals surface area contributed by atoms with Crippen LogP contribution in [0.15, 0.2) is 12.3 Å². The molecular weight excluding hydrogens is 238 g/mol. The average molecular weight is 263 g/mol. The maximum atomic E-state index is 5.59. The summed E-state index contributed by atoms with van der Waals surface area (Å²) in [6.07, 6.45) is 8.24. The number of ether oxygens (including phenoxy) is 1. The van der Waals surface area contributed by atoms with E-state index in [0.717, 1.165) is 5.92 Å². The zero-order valence-electron chi connectivity index (χ0n) is 12.2. The molecule has 1 N–H and O–H groups in total. The van der Waals surface area contributed by atoms with Crippen LogP contribution >= 0.6 is 0 Å². The molecule has 2 unspecified atom stereocenters. The second-order valence-corrected chi connectivity index (χ2v) is 5.84. The molecule has 4 nitrogen and oxygen atoms in total. The van der Waals surface area contributed by atoms with Gasteiger partial charge in [0.15, 0.2) is 0 Å². The smallest absolute Gasteiger partial charge is 0.226 e. The zero-order chi connectivity index (χ0) is 13.7. The minimum atomic E-state index is 0.140. The van der Waals surface area contributed by atoms with Gasteiger partial charge in [-0.25, -0.2) is 4.98 Å². The van der Waals surface area contributed by atoms with Gasteiger partial charge in [0, 0.05) is 18.3 Å². The number of hydrogen-bond donors (Lipinski definition) is 1. The Morgan fingerprint density at radius 1 is 1.26 bits per heavy atom. The first-order chi connectivity index (χ1) is 9.13. The zero-order valence-corrected chi connectivity index (χ0v) is 12.2. The summed E-state index contributed by atoms with van der Waals surface area (Å²) in [6.45, 7) is 6.35.